The molecule has 4 rings (SSSR count). The Morgan fingerprint density at radius 2 is 1.29 bits per heavy atom. The fourth-order valence-corrected chi connectivity index (χ4v) is 2.93. The number of rotatable bonds is 2. The van der Waals surface area contributed by atoms with Gasteiger partial charge in [-0.2, -0.15) is 0 Å². The number of hydrogen-bond donors (Lipinski definition) is 1. The van der Waals surface area contributed by atoms with Crippen molar-refractivity contribution in [1.29, 1.82) is 0 Å². The van der Waals surface area contributed by atoms with E-state index in [1.54, 1.807) is 12.1 Å². The fraction of sp³-hybridized carbons (Fsp3) is 0. The Kier molecular flexibility index (Phi) is 10.2. The van der Waals surface area contributed by atoms with Crippen LogP contribution in [-0.4, -0.2) is 5.11 Å². The summed E-state index contributed by atoms with van der Waals surface area (Å²) in [6.07, 6.45) is 0. The van der Waals surface area contributed by atoms with E-state index in [2.05, 4.69) is 4.52 Å². The van der Waals surface area contributed by atoms with E-state index in [0.29, 0.717) is 5.75 Å². The molecular formula is C20H15Na2O5P. The van der Waals surface area contributed by atoms with Crippen LogP contribution in [0.4, 0.5) is 0 Å². The maximum Gasteiger partial charge on any atom is 1.00 e. The smallest absolute Gasteiger partial charge is 0.780 e. The number of phenolic OH excluding ortho intramolecular Hbond substituents is 1. The SMILES string of the molecule is O=P([O-])([O-])Oc1ccc2ccccc2c1.Oc1cccc2ccccc12.[Na+].[Na+]. The number of fused-ring (bicyclic) bond motifs is 2. The molecule has 0 spiro atoms. The molecule has 0 saturated carbocycles. The van der Waals surface area contributed by atoms with Crippen LogP contribution in [0.15, 0.2) is 84.9 Å². The van der Waals surface area contributed by atoms with E-state index in [9.17, 15) is 19.5 Å². The fourth-order valence-electron chi connectivity index (χ4n) is 2.56. The molecule has 0 aromatic heterocycles. The molecule has 0 radical (unpaired) electrons. The van der Waals surface area contributed by atoms with Crippen molar-refractivity contribution in [2.75, 3.05) is 0 Å². The molecule has 0 atom stereocenters. The van der Waals surface area contributed by atoms with E-state index in [-0.39, 0.29) is 64.9 Å². The van der Waals surface area contributed by atoms with Gasteiger partial charge in [0.25, 0.3) is 0 Å². The molecule has 132 valence electrons. The van der Waals surface area contributed by atoms with E-state index in [1.165, 1.54) is 12.1 Å². The Hall–Kier alpha value is -0.850. The summed E-state index contributed by atoms with van der Waals surface area (Å²) in [5.41, 5.74) is 0. The zero-order chi connectivity index (χ0) is 18.6. The standard InChI is InChI=1S/C10H9O4P.C10H8O.2Na/c11-15(12,13)14-10-6-5-8-3-1-2-4-9(8)7-10;11-10-7-3-5-8-4-1-2-6-9(8)10;;/h1-7H,(H2,11,12,13);1-7,11H;;/q;;2*+1/p-2. The van der Waals surface area contributed by atoms with Gasteiger partial charge in [0.2, 0.25) is 0 Å². The maximum absolute atomic E-state index is 10.4. The van der Waals surface area contributed by atoms with Crippen LogP contribution in [0.2, 0.25) is 0 Å². The summed E-state index contributed by atoms with van der Waals surface area (Å²) in [5.74, 6) is 0.394. The normalized spacial score (nSPS) is 10.2. The Bertz CT molecular complexity index is 1090. The summed E-state index contributed by atoms with van der Waals surface area (Å²) >= 11 is 0. The number of aromatic hydroxyl groups is 1. The molecule has 0 aliphatic rings. The van der Waals surface area contributed by atoms with Crippen LogP contribution in [0.5, 0.6) is 11.5 Å². The molecule has 4 aromatic rings. The average molecular weight is 412 g/mol. The third kappa shape index (κ3) is 7.20. The van der Waals surface area contributed by atoms with Gasteiger partial charge in [0.05, 0.1) is 0 Å². The van der Waals surface area contributed by atoms with Crippen LogP contribution in [0.25, 0.3) is 21.5 Å². The van der Waals surface area contributed by atoms with Crippen molar-refractivity contribution in [3.63, 3.8) is 0 Å². The molecule has 28 heavy (non-hydrogen) atoms. The molecule has 0 aliphatic carbocycles. The van der Waals surface area contributed by atoms with Gasteiger partial charge in [-0.05, 0) is 34.4 Å². The van der Waals surface area contributed by atoms with Crippen molar-refractivity contribution >= 4 is 29.4 Å². The van der Waals surface area contributed by atoms with Crippen LogP contribution in [-0.2, 0) is 4.57 Å². The van der Waals surface area contributed by atoms with E-state index < -0.39 is 7.82 Å². The first-order chi connectivity index (χ1) is 12.4. The minimum atomic E-state index is -4.97. The minimum Gasteiger partial charge on any atom is -0.780 e. The predicted molar refractivity (Wildman–Crippen MR) is 97.8 cm³/mol. The summed E-state index contributed by atoms with van der Waals surface area (Å²) in [6, 6.07) is 25.3. The minimum absolute atomic E-state index is 0. The zero-order valence-corrected chi connectivity index (χ0v) is 20.5. The summed E-state index contributed by atoms with van der Waals surface area (Å²) in [5, 5.41) is 13.1. The second-order valence-electron chi connectivity index (χ2n) is 5.55. The Morgan fingerprint density at radius 1 is 0.714 bits per heavy atom. The maximum atomic E-state index is 10.4. The number of hydrogen-bond acceptors (Lipinski definition) is 5. The van der Waals surface area contributed by atoms with Crippen LogP contribution in [0.3, 0.4) is 0 Å². The van der Waals surface area contributed by atoms with Crippen molar-refractivity contribution in [1.82, 2.24) is 0 Å². The van der Waals surface area contributed by atoms with Crippen molar-refractivity contribution in [2.45, 2.75) is 0 Å². The first-order valence-corrected chi connectivity index (χ1v) is 9.26. The van der Waals surface area contributed by atoms with E-state index in [4.69, 9.17) is 0 Å². The van der Waals surface area contributed by atoms with Crippen LogP contribution in [0.1, 0.15) is 0 Å². The van der Waals surface area contributed by atoms with Crippen LogP contribution >= 0.6 is 7.82 Å². The van der Waals surface area contributed by atoms with Gasteiger partial charge >= 0.3 is 59.1 Å². The molecule has 0 heterocycles. The molecule has 0 aliphatic heterocycles. The van der Waals surface area contributed by atoms with Crippen molar-refractivity contribution in [3.05, 3.63) is 84.9 Å². The van der Waals surface area contributed by atoms with Crippen molar-refractivity contribution < 1.29 is 83.1 Å². The van der Waals surface area contributed by atoms with Gasteiger partial charge in [-0.3, -0.25) is 0 Å². The quantitative estimate of drug-likeness (QED) is 0.293. The van der Waals surface area contributed by atoms with Gasteiger partial charge in [0.15, 0.2) is 0 Å². The number of phenols is 1. The first-order valence-electron chi connectivity index (χ1n) is 7.79. The second kappa shape index (κ2) is 11.4. The second-order valence-corrected chi connectivity index (χ2v) is 6.62. The van der Waals surface area contributed by atoms with Gasteiger partial charge in [-0.15, -0.1) is 0 Å². The summed E-state index contributed by atoms with van der Waals surface area (Å²) in [4.78, 5) is 20.8. The Balaban J connectivity index is 0.000000271. The number of phosphoric ester groups is 1. The first kappa shape index (κ1) is 25.2. The monoisotopic (exact) mass is 412 g/mol. The Morgan fingerprint density at radius 3 is 1.93 bits per heavy atom. The predicted octanol–water partition coefficient (Wildman–Crippen LogP) is -2.40. The van der Waals surface area contributed by atoms with Crippen molar-refractivity contribution in [2.24, 2.45) is 0 Å². The van der Waals surface area contributed by atoms with Crippen LogP contribution < -0.4 is 73.4 Å². The van der Waals surface area contributed by atoms with E-state index in [0.717, 1.165) is 21.5 Å². The van der Waals surface area contributed by atoms with Gasteiger partial charge in [0.1, 0.15) is 19.3 Å². The molecule has 4 aromatic carbocycles. The topological polar surface area (TPSA) is 92.7 Å². The van der Waals surface area contributed by atoms with Gasteiger partial charge in [-0.25, -0.2) is 0 Å². The molecule has 0 amide bonds. The summed E-state index contributed by atoms with van der Waals surface area (Å²) in [6.45, 7) is 0. The third-order valence-electron chi connectivity index (χ3n) is 3.70. The molecule has 8 heteroatoms. The zero-order valence-electron chi connectivity index (χ0n) is 15.6. The molecule has 0 saturated heterocycles. The summed E-state index contributed by atoms with van der Waals surface area (Å²) in [7, 11) is -4.97. The van der Waals surface area contributed by atoms with E-state index >= 15 is 0 Å². The van der Waals surface area contributed by atoms with Crippen LogP contribution in [0, 0.1) is 0 Å². The van der Waals surface area contributed by atoms with Gasteiger partial charge < -0.3 is 24.0 Å². The third-order valence-corrected chi connectivity index (χ3v) is 4.14. The Labute approximate surface area is 207 Å². The van der Waals surface area contributed by atoms with Gasteiger partial charge in [-0.1, -0.05) is 66.7 Å². The average Bonchev–Trinajstić information content (AvgIpc) is 2.61. The number of phosphoric acid groups is 1. The summed E-state index contributed by atoms with van der Waals surface area (Å²) < 4.78 is 14.6. The van der Waals surface area contributed by atoms with Crippen molar-refractivity contribution in [3.8, 4) is 11.5 Å². The molecule has 0 fully saturated rings. The molecule has 0 unspecified atom stereocenters. The molecule has 5 nitrogen and oxygen atoms in total. The molecule has 0 bridgehead atoms. The van der Waals surface area contributed by atoms with E-state index in [1.807, 2.05) is 60.7 Å². The molecule has 1 N–H and O–H groups in total. The largest absolute Gasteiger partial charge is 1.00 e. The number of benzene rings is 4. The molecular weight excluding hydrogens is 397 g/mol. The van der Waals surface area contributed by atoms with Gasteiger partial charge in [0, 0.05) is 5.39 Å².